The zero-order chi connectivity index (χ0) is 27.1. The molecule has 0 radical (unpaired) electrons. The molecule has 0 heterocycles. The molecule has 4 aromatic rings. The van der Waals surface area contributed by atoms with Crippen LogP contribution in [0.25, 0.3) is 0 Å². The average molecular weight is 546 g/mol. The van der Waals surface area contributed by atoms with E-state index in [9.17, 15) is 14.4 Å². The van der Waals surface area contributed by atoms with Crippen LogP contribution >= 0.6 is 23.2 Å². The van der Waals surface area contributed by atoms with Gasteiger partial charge in [0, 0.05) is 27.4 Å². The average Bonchev–Trinajstić information content (AvgIpc) is 2.89. The van der Waals surface area contributed by atoms with Gasteiger partial charge in [-0.2, -0.15) is 5.10 Å². The molecule has 0 atom stereocenters. The second-order valence-electron chi connectivity index (χ2n) is 8.16. The van der Waals surface area contributed by atoms with Crippen LogP contribution in [0, 0.1) is 6.92 Å². The van der Waals surface area contributed by atoms with E-state index in [1.165, 1.54) is 24.4 Å². The summed E-state index contributed by atoms with van der Waals surface area (Å²) >= 11 is 12.0. The lowest BCUT2D eigenvalue weighted by Gasteiger charge is -2.09. The van der Waals surface area contributed by atoms with Gasteiger partial charge in [0.05, 0.1) is 16.8 Å². The zero-order valence-electron chi connectivity index (χ0n) is 20.1. The number of carbonyl (C=O) groups is 3. The highest BCUT2D eigenvalue weighted by atomic mass is 35.5. The first-order chi connectivity index (χ1) is 18.3. The van der Waals surface area contributed by atoms with Crippen LogP contribution in [0.4, 0.5) is 5.69 Å². The summed E-state index contributed by atoms with van der Waals surface area (Å²) < 4.78 is 5.48. The van der Waals surface area contributed by atoms with Crippen LogP contribution in [0.1, 0.15) is 42.2 Å². The van der Waals surface area contributed by atoms with Gasteiger partial charge in [-0.15, -0.1) is 0 Å². The number of aryl methyl sites for hydroxylation is 1. The van der Waals surface area contributed by atoms with Gasteiger partial charge in [0.15, 0.2) is 0 Å². The van der Waals surface area contributed by atoms with Gasteiger partial charge in [-0.25, -0.2) is 10.2 Å². The molecule has 2 amide bonds. The third-order valence-electron chi connectivity index (χ3n) is 5.31. The minimum absolute atomic E-state index is 0.158. The lowest BCUT2D eigenvalue weighted by Crippen LogP contribution is -2.18. The monoisotopic (exact) mass is 545 g/mol. The Kier molecular flexibility index (Phi) is 8.53. The summed E-state index contributed by atoms with van der Waals surface area (Å²) in [5, 5.41) is 7.34. The van der Waals surface area contributed by atoms with Crippen molar-refractivity contribution in [2.24, 2.45) is 5.10 Å². The molecule has 0 aliphatic carbocycles. The number of carbonyl (C=O) groups excluding carboxylic acids is 3. The number of hydrazone groups is 1. The molecule has 7 nitrogen and oxygen atoms in total. The highest BCUT2D eigenvalue weighted by Crippen LogP contribution is 2.24. The number of hydrogen-bond acceptors (Lipinski definition) is 5. The van der Waals surface area contributed by atoms with E-state index in [0.717, 1.165) is 5.56 Å². The van der Waals surface area contributed by atoms with Gasteiger partial charge in [0.25, 0.3) is 11.8 Å². The van der Waals surface area contributed by atoms with E-state index in [-0.39, 0.29) is 22.2 Å². The molecule has 0 aliphatic rings. The normalized spacial score (nSPS) is 10.7. The topological polar surface area (TPSA) is 96.9 Å². The number of nitrogens with zero attached hydrogens (tertiary/aromatic N) is 1. The first-order valence-corrected chi connectivity index (χ1v) is 12.1. The van der Waals surface area contributed by atoms with Crippen LogP contribution in [0.15, 0.2) is 96.1 Å². The van der Waals surface area contributed by atoms with Crippen LogP contribution in [0.5, 0.6) is 5.75 Å². The van der Waals surface area contributed by atoms with Crippen molar-refractivity contribution in [2.75, 3.05) is 5.32 Å². The molecule has 0 saturated heterocycles. The number of para-hydroxylation sites is 1. The van der Waals surface area contributed by atoms with E-state index in [4.69, 9.17) is 27.9 Å². The zero-order valence-corrected chi connectivity index (χ0v) is 21.6. The number of esters is 1. The maximum Gasteiger partial charge on any atom is 0.345 e. The molecule has 190 valence electrons. The minimum Gasteiger partial charge on any atom is -0.422 e. The quantitative estimate of drug-likeness (QED) is 0.119. The lowest BCUT2D eigenvalue weighted by molar-refractivity contribution is 0.0734. The van der Waals surface area contributed by atoms with E-state index in [1.54, 1.807) is 66.7 Å². The maximum atomic E-state index is 12.7. The van der Waals surface area contributed by atoms with E-state index in [2.05, 4.69) is 15.8 Å². The summed E-state index contributed by atoms with van der Waals surface area (Å²) in [5.41, 5.74) is 5.28. The van der Waals surface area contributed by atoms with Gasteiger partial charge in [-0.3, -0.25) is 9.59 Å². The van der Waals surface area contributed by atoms with Crippen molar-refractivity contribution in [1.29, 1.82) is 0 Å². The molecule has 0 saturated carbocycles. The summed E-state index contributed by atoms with van der Waals surface area (Å²) in [4.78, 5) is 37.8. The molecule has 0 spiro atoms. The van der Waals surface area contributed by atoms with Crippen LogP contribution in [0.2, 0.25) is 10.0 Å². The number of anilines is 1. The molecule has 0 unspecified atom stereocenters. The summed E-state index contributed by atoms with van der Waals surface area (Å²) in [6.07, 6.45) is 1.35. The van der Waals surface area contributed by atoms with Crippen molar-refractivity contribution < 1.29 is 19.1 Å². The van der Waals surface area contributed by atoms with E-state index >= 15 is 0 Å². The fourth-order valence-corrected chi connectivity index (χ4v) is 3.93. The number of benzene rings is 4. The number of nitrogens with one attached hydrogen (secondary N) is 2. The van der Waals surface area contributed by atoms with Crippen molar-refractivity contribution >= 4 is 52.9 Å². The van der Waals surface area contributed by atoms with Crippen LogP contribution < -0.4 is 15.5 Å². The van der Waals surface area contributed by atoms with Crippen LogP contribution in [-0.2, 0) is 0 Å². The number of amides is 2. The van der Waals surface area contributed by atoms with Crippen LogP contribution in [-0.4, -0.2) is 24.0 Å². The predicted octanol–water partition coefficient (Wildman–Crippen LogP) is 6.54. The number of halogens is 2. The Balaban J connectivity index is 1.41. The molecule has 2 N–H and O–H groups in total. The van der Waals surface area contributed by atoms with Gasteiger partial charge < -0.3 is 10.1 Å². The van der Waals surface area contributed by atoms with Gasteiger partial charge in [0.1, 0.15) is 5.75 Å². The fraction of sp³-hybridized carbons (Fsp3) is 0.0345. The van der Waals surface area contributed by atoms with Crippen molar-refractivity contribution in [3.63, 3.8) is 0 Å². The second kappa shape index (κ2) is 12.2. The highest BCUT2D eigenvalue weighted by Gasteiger charge is 2.15. The van der Waals surface area contributed by atoms with Crippen molar-refractivity contribution in [1.82, 2.24) is 5.43 Å². The first-order valence-electron chi connectivity index (χ1n) is 11.4. The summed E-state index contributed by atoms with van der Waals surface area (Å²) in [6, 6.07) is 24.8. The molecule has 0 bridgehead atoms. The van der Waals surface area contributed by atoms with Crippen molar-refractivity contribution in [2.45, 2.75) is 6.92 Å². The summed E-state index contributed by atoms with van der Waals surface area (Å²) in [5.74, 6) is -1.21. The highest BCUT2D eigenvalue weighted by molar-refractivity contribution is 6.36. The van der Waals surface area contributed by atoms with Gasteiger partial charge >= 0.3 is 5.97 Å². The third-order valence-corrected chi connectivity index (χ3v) is 5.85. The number of hydrogen-bond donors (Lipinski definition) is 2. The van der Waals surface area contributed by atoms with Gasteiger partial charge in [0.2, 0.25) is 0 Å². The molecule has 4 rings (SSSR count). The Morgan fingerprint density at radius 2 is 1.55 bits per heavy atom. The van der Waals surface area contributed by atoms with E-state index in [0.29, 0.717) is 27.4 Å². The van der Waals surface area contributed by atoms with Crippen molar-refractivity contribution in [3.8, 4) is 5.75 Å². The molecule has 0 fully saturated rings. The molecule has 4 aromatic carbocycles. The maximum absolute atomic E-state index is 12.7. The molecular weight excluding hydrogens is 525 g/mol. The summed E-state index contributed by atoms with van der Waals surface area (Å²) in [7, 11) is 0. The standard InChI is InChI=1S/C29H21Cl2N3O4/c1-18-6-4-8-19(14-18)27(35)33-23-10-5-9-20(15-23)28(36)34-32-17-21-7-2-3-11-26(21)38-29(37)24-13-12-22(30)16-25(24)31/h2-17H,1H3,(H,33,35)(H,34,36). The minimum atomic E-state index is -0.666. The SMILES string of the molecule is Cc1cccc(C(=O)Nc2cccc(C(=O)NN=Cc3ccccc3OC(=O)c3ccc(Cl)cc3Cl)c2)c1. The Bertz CT molecular complexity index is 1550. The molecule has 38 heavy (non-hydrogen) atoms. The van der Waals surface area contributed by atoms with E-state index < -0.39 is 11.9 Å². The molecule has 9 heteroatoms. The first kappa shape index (κ1) is 26.6. The molecule has 0 aromatic heterocycles. The Morgan fingerprint density at radius 3 is 2.32 bits per heavy atom. The van der Waals surface area contributed by atoms with E-state index in [1.807, 2.05) is 13.0 Å². The Labute approximate surface area is 229 Å². The Hall–Kier alpha value is -4.46. The smallest absolute Gasteiger partial charge is 0.345 e. The number of ether oxygens (including phenoxy) is 1. The van der Waals surface area contributed by atoms with Gasteiger partial charge in [-0.1, -0.05) is 59.1 Å². The molecule has 0 aliphatic heterocycles. The van der Waals surface area contributed by atoms with Crippen molar-refractivity contribution in [3.05, 3.63) is 129 Å². The second-order valence-corrected chi connectivity index (χ2v) is 9.00. The van der Waals surface area contributed by atoms with Gasteiger partial charge in [-0.05, 0) is 67.6 Å². The summed E-state index contributed by atoms with van der Waals surface area (Å²) in [6.45, 7) is 1.90. The fourth-order valence-electron chi connectivity index (χ4n) is 3.44. The third kappa shape index (κ3) is 6.85. The molecular formula is C29H21Cl2N3O4. The largest absolute Gasteiger partial charge is 0.422 e. The number of rotatable bonds is 7. The predicted molar refractivity (Wildman–Crippen MR) is 148 cm³/mol. The van der Waals surface area contributed by atoms with Crippen LogP contribution in [0.3, 0.4) is 0 Å². The Morgan fingerprint density at radius 1 is 0.816 bits per heavy atom. The lowest BCUT2D eigenvalue weighted by atomic mass is 10.1.